The second-order valence-corrected chi connectivity index (χ2v) is 16.3. The van der Waals surface area contributed by atoms with Crippen LogP contribution >= 0.6 is 11.3 Å². The third-order valence-electron chi connectivity index (χ3n) is 11.5. The fraction of sp³-hybridized carbons (Fsp3) is 0.0577. The molecule has 11 rings (SSSR count). The van der Waals surface area contributed by atoms with Crippen LogP contribution in [0.1, 0.15) is 25.0 Å². The molecule has 0 fully saturated rings. The van der Waals surface area contributed by atoms with Crippen molar-refractivity contribution in [3.05, 3.63) is 187 Å². The van der Waals surface area contributed by atoms with E-state index in [1.54, 1.807) is 0 Å². The summed E-state index contributed by atoms with van der Waals surface area (Å²) in [5.41, 5.74) is 12.5. The Balaban J connectivity index is 1.08. The molecule has 2 aromatic heterocycles. The van der Waals surface area contributed by atoms with Crippen molar-refractivity contribution < 1.29 is 0 Å². The van der Waals surface area contributed by atoms with Gasteiger partial charge in [-0.15, -0.1) is 11.3 Å². The molecule has 0 radical (unpaired) electrons. The molecule has 4 heteroatoms. The first-order valence-corrected chi connectivity index (χ1v) is 19.9. The fourth-order valence-electron chi connectivity index (χ4n) is 8.68. The van der Waals surface area contributed by atoms with Gasteiger partial charge in [-0.3, -0.25) is 0 Å². The van der Waals surface area contributed by atoms with E-state index in [1.165, 1.54) is 64.3 Å². The Hall–Kier alpha value is -6.75. The number of hydrogen-bond acceptors (Lipinski definition) is 4. The van der Waals surface area contributed by atoms with Crippen molar-refractivity contribution in [3.8, 4) is 67.5 Å². The zero-order chi connectivity index (χ0) is 37.4. The molecule has 10 aromatic rings. The van der Waals surface area contributed by atoms with Gasteiger partial charge < -0.3 is 0 Å². The standard InChI is InChI=1S/C52H35N3S/c1-52(2)44-21-7-5-17-42(44)47-43(20-11-22-45(47)52)51-54-49(34-27-24-33(25-28-34)36-29-26-32-12-3-4-13-35(32)30-36)53-50(55-51)38-15-9-14-37(31-38)39-18-10-19-41-40-16-6-8-23-46(40)56-48(39)41/h3-31H,1-2H3. The van der Waals surface area contributed by atoms with Gasteiger partial charge in [-0.2, -0.15) is 0 Å². The molecule has 3 nitrogen and oxygen atoms in total. The van der Waals surface area contributed by atoms with Gasteiger partial charge in [0.1, 0.15) is 0 Å². The summed E-state index contributed by atoms with van der Waals surface area (Å²) in [6, 6.07) is 63.0. The summed E-state index contributed by atoms with van der Waals surface area (Å²) in [5.74, 6) is 1.97. The lowest BCUT2D eigenvalue weighted by atomic mass is 9.82. The van der Waals surface area contributed by atoms with Gasteiger partial charge in [0.15, 0.2) is 17.5 Å². The second-order valence-electron chi connectivity index (χ2n) is 15.2. The van der Waals surface area contributed by atoms with Crippen molar-refractivity contribution in [1.82, 2.24) is 15.0 Å². The Bertz CT molecular complexity index is 3170. The van der Waals surface area contributed by atoms with E-state index in [0.29, 0.717) is 17.5 Å². The van der Waals surface area contributed by atoms with E-state index in [1.807, 2.05) is 11.3 Å². The van der Waals surface area contributed by atoms with Crippen LogP contribution in [0, 0.1) is 0 Å². The maximum atomic E-state index is 5.30. The molecule has 0 spiro atoms. The van der Waals surface area contributed by atoms with Gasteiger partial charge in [0.2, 0.25) is 0 Å². The van der Waals surface area contributed by atoms with E-state index in [4.69, 9.17) is 15.0 Å². The molecule has 2 heterocycles. The van der Waals surface area contributed by atoms with Crippen LogP contribution in [0.15, 0.2) is 176 Å². The van der Waals surface area contributed by atoms with Crippen LogP contribution in [0.2, 0.25) is 0 Å². The molecule has 264 valence electrons. The van der Waals surface area contributed by atoms with Crippen LogP contribution in [-0.4, -0.2) is 15.0 Å². The number of benzene rings is 8. The van der Waals surface area contributed by atoms with E-state index in [-0.39, 0.29) is 5.41 Å². The van der Waals surface area contributed by atoms with Gasteiger partial charge in [-0.25, -0.2) is 15.0 Å². The van der Waals surface area contributed by atoms with E-state index < -0.39 is 0 Å². The van der Waals surface area contributed by atoms with E-state index in [9.17, 15) is 0 Å². The lowest BCUT2D eigenvalue weighted by molar-refractivity contribution is 0.660. The predicted molar refractivity (Wildman–Crippen MR) is 235 cm³/mol. The maximum absolute atomic E-state index is 5.30. The summed E-state index contributed by atoms with van der Waals surface area (Å²) in [6.07, 6.45) is 0. The molecule has 56 heavy (non-hydrogen) atoms. The SMILES string of the molecule is CC1(C)c2ccccc2-c2c(-c3nc(-c4ccc(-c5ccc6ccccc6c5)cc4)nc(-c4cccc(-c5cccc6c5sc5ccccc56)c4)n3)cccc21. The zero-order valence-electron chi connectivity index (χ0n) is 31.0. The number of fused-ring (bicyclic) bond motifs is 7. The van der Waals surface area contributed by atoms with Gasteiger partial charge >= 0.3 is 0 Å². The first kappa shape index (κ1) is 32.7. The van der Waals surface area contributed by atoms with E-state index in [0.717, 1.165) is 27.8 Å². The average molecular weight is 734 g/mol. The van der Waals surface area contributed by atoms with Crippen LogP contribution in [0.25, 0.3) is 98.5 Å². The van der Waals surface area contributed by atoms with Crippen molar-refractivity contribution >= 4 is 42.3 Å². The molecular weight excluding hydrogens is 699 g/mol. The van der Waals surface area contributed by atoms with Crippen molar-refractivity contribution in [2.24, 2.45) is 0 Å². The zero-order valence-corrected chi connectivity index (χ0v) is 31.8. The first-order chi connectivity index (χ1) is 27.5. The van der Waals surface area contributed by atoms with E-state index >= 15 is 0 Å². The van der Waals surface area contributed by atoms with Gasteiger partial charge in [-0.05, 0) is 73.5 Å². The molecule has 0 saturated carbocycles. The highest BCUT2D eigenvalue weighted by Gasteiger charge is 2.37. The number of rotatable bonds is 5. The van der Waals surface area contributed by atoms with E-state index in [2.05, 4.69) is 190 Å². The molecule has 0 unspecified atom stereocenters. The topological polar surface area (TPSA) is 38.7 Å². The van der Waals surface area contributed by atoms with Gasteiger partial charge in [0.25, 0.3) is 0 Å². The normalized spacial score (nSPS) is 13.0. The Kier molecular flexibility index (Phi) is 7.38. The molecule has 0 N–H and O–H groups in total. The summed E-state index contributed by atoms with van der Waals surface area (Å²) in [7, 11) is 0. The summed E-state index contributed by atoms with van der Waals surface area (Å²) < 4.78 is 2.58. The Morgan fingerprint density at radius 2 is 1.00 bits per heavy atom. The van der Waals surface area contributed by atoms with Crippen molar-refractivity contribution in [2.45, 2.75) is 19.3 Å². The predicted octanol–water partition coefficient (Wildman–Crippen LogP) is 14.0. The summed E-state index contributed by atoms with van der Waals surface area (Å²) >= 11 is 1.85. The molecule has 1 aliphatic rings. The summed E-state index contributed by atoms with van der Waals surface area (Å²) in [6.45, 7) is 4.62. The van der Waals surface area contributed by atoms with Crippen molar-refractivity contribution in [1.29, 1.82) is 0 Å². The number of thiophene rings is 1. The third-order valence-corrected chi connectivity index (χ3v) is 12.8. The highest BCUT2D eigenvalue weighted by Crippen LogP contribution is 2.51. The molecule has 0 atom stereocenters. The monoisotopic (exact) mass is 733 g/mol. The van der Waals surface area contributed by atoms with Crippen molar-refractivity contribution in [3.63, 3.8) is 0 Å². The largest absolute Gasteiger partial charge is 0.208 e. The van der Waals surface area contributed by atoms with Crippen LogP contribution < -0.4 is 0 Å². The van der Waals surface area contributed by atoms with Gasteiger partial charge in [0.05, 0.1) is 0 Å². The fourth-order valence-corrected chi connectivity index (χ4v) is 9.91. The van der Waals surface area contributed by atoms with Crippen LogP contribution in [-0.2, 0) is 5.41 Å². The minimum Gasteiger partial charge on any atom is -0.208 e. The Labute approximate surface area is 329 Å². The lowest BCUT2D eigenvalue weighted by Crippen LogP contribution is -2.14. The minimum absolute atomic E-state index is 0.138. The smallest absolute Gasteiger partial charge is 0.164 e. The van der Waals surface area contributed by atoms with Crippen molar-refractivity contribution in [2.75, 3.05) is 0 Å². The quantitative estimate of drug-likeness (QED) is 0.177. The molecule has 0 amide bonds. The first-order valence-electron chi connectivity index (χ1n) is 19.1. The lowest BCUT2D eigenvalue weighted by Gasteiger charge is -2.21. The second kappa shape index (κ2) is 12.7. The molecule has 0 aliphatic heterocycles. The van der Waals surface area contributed by atoms with Crippen LogP contribution in [0.3, 0.4) is 0 Å². The molecule has 0 bridgehead atoms. The number of hydrogen-bond donors (Lipinski definition) is 0. The average Bonchev–Trinajstić information content (AvgIpc) is 3.75. The maximum Gasteiger partial charge on any atom is 0.164 e. The minimum atomic E-state index is -0.138. The highest BCUT2D eigenvalue weighted by atomic mass is 32.1. The molecule has 8 aromatic carbocycles. The van der Waals surface area contributed by atoms with Crippen LogP contribution in [0.4, 0.5) is 0 Å². The molecule has 0 saturated heterocycles. The molecular formula is C52H35N3S. The van der Waals surface area contributed by atoms with Gasteiger partial charge in [-0.1, -0.05) is 172 Å². The molecule has 1 aliphatic carbocycles. The van der Waals surface area contributed by atoms with Gasteiger partial charge in [0, 0.05) is 42.3 Å². The summed E-state index contributed by atoms with van der Waals surface area (Å²) in [4.78, 5) is 15.8. The Morgan fingerprint density at radius 3 is 1.89 bits per heavy atom. The number of aromatic nitrogens is 3. The summed E-state index contributed by atoms with van der Waals surface area (Å²) in [5, 5.41) is 5.04. The third kappa shape index (κ3) is 5.21. The number of nitrogens with zero attached hydrogens (tertiary/aromatic N) is 3. The Morgan fingerprint density at radius 1 is 0.393 bits per heavy atom. The van der Waals surface area contributed by atoms with Crippen LogP contribution in [0.5, 0.6) is 0 Å². The highest BCUT2D eigenvalue weighted by molar-refractivity contribution is 7.26.